The lowest BCUT2D eigenvalue weighted by Gasteiger charge is -2.01. The molecular formula is C8H9N3O3. The molecule has 0 bridgehead atoms. The van der Waals surface area contributed by atoms with Gasteiger partial charge >= 0.3 is 0 Å². The van der Waals surface area contributed by atoms with Gasteiger partial charge in [-0.25, -0.2) is 0 Å². The third-order valence-corrected chi connectivity index (χ3v) is 1.73. The van der Waals surface area contributed by atoms with Gasteiger partial charge in [-0.3, -0.25) is 14.9 Å². The number of nitrogens with zero attached hydrogens (tertiary/aromatic N) is 1. The molecule has 0 heterocycles. The number of carbonyl (C=O) groups is 1. The van der Waals surface area contributed by atoms with Gasteiger partial charge in [0.1, 0.15) is 0 Å². The van der Waals surface area contributed by atoms with Gasteiger partial charge in [-0.15, -0.1) is 0 Å². The highest BCUT2D eigenvalue weighted by atomic mass is 16.6. The number of benzene rings is 1. The first-order valence-corrected chi connectivity index (χ1v) is 3.83. The molecule has 0 saturated heterocycles. The van der Waals surface area contributed by atoms with Crippen LogP contribution < -0.4 is 11.5 Å². The van der Waals surface area contributed by atoms with Crippen LogP contribution in [0.1, 0.15) is 10.4 Å². The monoisotopic (exact) mass is 195 g/mol. The lowest BCUT2D eigenvalue weighted by Crippen LogP contribution is -2.15. The molecule has 4 N–H and O–H groups in total. The van der Waals surface area contributed by atoms with Gasteiger partial charge in [-0.2, -0.15) is 0 Å². The normalized spacial score (nSPS) is 9.79. The molecule has 0 aliphatic heterocycles. The number of hydrogen-bond acceptors (Lipinski definition) is 5. The van der Waals surface area contributed by atoms with Crippen LogP contribution in [0.4, 0.5) is 11.4 Å². The van der Waals surface area contributed by atoms with Gasteiger partial charge in [-0.1, -0.05) is 0 Å². The van der Waals surface area contributed by atoms with Crippen molar-refractivity contribution in [2.24, 2.45) is 5.73 Å². The van der Waals surface area contributed by atoms with Crippen molar-refractivity contribution in [1.82, 2.24) is 0 Å². The molecule has 0 spiro atoms. The first-order valence-electron chi connectivity index (χ1n) is 3.83. The summed E-state index contributed by atoms with van der Waals surface area (Å²) >= 11 is 0. The van der Waals surface area contributed by atoms with Crippen molar-refractivity contribution in [1.29, 1.82) is 0 Å². The van der Waals surface area contributed by atoms with Crippen molar-refractivity contribution in [2.75, 3.05) is 12.3 Å². The van der Waals surface area contributed by atoms with Crippen molar-refractivity contribution >= 4 is 17.2 Å². The van der Waals surface area contributed by atoms with Crippen LogP contribution in [0.2, 0.25) is 0 Å². The molecule has 1 aromatic carbocycles. The molecule has 1 aromatic rings. The topological polar surface area (TPSA) is 112 Å². The molecule has 0 fully saturated rings. The van der Waals surface area contributed by atoms with Crippen LogP contribution in [0.3, 0.4) is 0 Å². The van der Waals surface area contributed by atoms with Crippen molar-refractivity contribution in [3.8, 4) is 0 Å². The second-order valence-corrected chi connectivity index (χ2v) is 2.66. The van der Waals surface area contributed by atoms with Gasteiger partial charge in [0.15, 0.2) is 5.78 Å². The smallest absolute Gasteiger partial charge is 0.270 e. The van der Waals surface area contributed by atoms with Gasteiger partial charge in [0.25, 0.3) is 5.69 Å². The average molecular weight is 195 g/mol. The molecule has 6 nitrogen and oxygen atoms in total. The van der Waals surface area contributed by atoms with Crippen LogP contribution in [0.25, 0.3) is 0 Å². The third-order valence-electron chi connectivity index (χ3n) is 1.73. The summed E-state index contributed by atoms with van der Waals surface area (Å²) in [5.74, 6) is -0.411. The number of non-ortho nitro benzene ring substituents is 1. The van der Waals surface area contributed by atoms with E-state index in [4.69, 9.17) is 11.5 Å². The van der Waals surface area contributed by atoms with E-state index in [1.54, 1.807) is 0 Å². The van der Waals surface area contributed by atoms with Gasteiger partial charge in [-0.05, 0) is 6.07 Å². The number of ketones is 1. The Hall–Kier alpha value is -1.95. The maximum atomic E-state index is 11.2. The van der Waals surface area contributed by atoms with Crippen molar-refractivity contribution in [2.45, 2.75) is 0 Å². The van der Waals surface area contributed by atoms with E-state index in [-0.39, 0.29) is 23.5 Å². The quantitative estimate of drug-likeness (QED) is 0.312. The summed E-state index contributed by atoms with van der Waals surface area (Å²) < 4.78 is 0. The molecule has 0 saturated carbocycles. The first kappa shape index (κ1) is 10.1. The molecule has 0 aliphatic rings. The van der Waals surface area contributed by atoms with Crippen LogP contribution in [-0.4, -0.2) is 17.3 Å². The number of nitrogens with two attached hydrogens (primary N) is 2. The molecular weight excluding hydrogens is 186 g/mol. The Balaban J connectivity index is 3.21. The number of carbonyl (C=O) groups excluding carboxylic acids is 1. The molecule has 0 unspecified atom stereocenters. The lowest BCUT2D eigenvalue weighted by molar-refractivity contribution is -0.384. The zero-order valence-electron chi connectivity index (χ0n) is 7.27. The molecule has 0 radical (unpaired) electrons. The van der Waals surface area contributed by atoms with Crippen LogP contribution in [0.15, 0.2) is 18.2 Å². The Morgan fingerprint density at radius 1 is 1.50 bits per heavy atom. The SMILES string of the molecule is NCC(=O)c1cc([N+](=O)[O-])ccc1N. The minimum Gasteiger partial charge on any atom is -0.398 e. The second-order valence-electron chi connectivity index (χ2n) is 2.66. The fourth-order valence-corrected chi connectivity index (χ4v) is 1.01. The number of rotatable bonds is 3. The average Bonchev–Trinajstić information content (AvgIpc) is 2.17. The summed E-state index contributed by atoms with van der Waals surface area (Å²) in [6.45, 7) is -0.217. The van der Waals surface area contributed by atoms with Gasteiger partial charge in [0.2, 0.25) is 0 Å². The molecule has 0 amide bonds. The number of nitrogen functional groups attached to an aromatic ring is 1. The molecule has 74 valence electrons. The van der Waals surface area contributed by atoms with Crippen LogP contribution in [-0.2, 0) is 0 Å². The molecule has 0 aromatic heterocycles. The first-order chi connectivity index (χ1) is 6.56. The van der Waals surface area contributed by atoms with Crippen molar-refractivity contribution < 1.29 is 9.72 Å². The van der Waals surface area contributed by atoms with E-state index < -0.39 is 10.7 Å². The predicted molar refractivity (Wildman–Crippen MR) is 50.9 cm³/mol. The maximum Gasteiger partial charge on any atom is 0.270 e. The molecule has 1 rings (SSSR count). The maximum absolute atomic E-state index is 11.2. The van der Waals surface area contributed by atoms with Gasteiger partial charge in [0, 0.05) is 23.4 Å². The van der Waals surface area contributed by atoms with E-state index in [2.05, 4.69) is 0 Å². The highest BCUT2D eigenvalue weighted by Gasteiger charge is 2.13. The highest BCUT2D eigenvalue weighted by molar-refractivity contribution is 6.02. The zero-order chi connectivity index (χ0) is 10.7. The Kier molecular flexibility index (Phi) is 2.78. The fraction of sp³-hybridized carbons (Fsp3) is 0.125. The summed E-state index contributed by atoms with van der Waals surface area (Å²) in [5.41, 5.74) is 10.7. The number of Topliss-reactive ketones (excluding diaryl/α,β-unsaturated/α-hetero) is 1. The summed E-state index contributed by atoms with van der Waals surface area (Å²) in [6, 6.07) is 3.69. The van der Waals surface area contributed by atoms with Crippen LogP contribution in [0.5, 0.6) is 0 Å². The van der Waals surface area contributed by atoms with Crippen molar-refractivity contribution in [3.05, 3.63) is 33.9 Å². The summed E-state index contributed by atoms with van der Waals surface area (Å²) in [5, 5.41) is 10.4. The predicted octanol–water partition coefficient (Wildman–Crippen LogP) is 0.318. The van der Waals surface area contributed by atoms with E-state index in [1.165, 1.54) is 12.1 Å². The van der Waals surface area contributed by atoms with Gasteiger partial charge < -0.3 is 11.5 Å². The summed E-state index contributed by atoms with van der Waals surface area (Å²) in [7, 11) is 0. The van der Waals surface area contributed by atoms with Crippen molar-refractivity contribution in [3.63, 3.8) is 0 Å². The third kappa shape index (κ3) is 1.86. The number of nitro benzene ring substituents is 1. The Labute approximate surface area is 79.7 Å². The number of anilines is 1. The summed E-state index contributed by atoms with van der Waals surface area (Å²) in [4.78, 5) is 21.0. The number of hydrogen-bond donors (Lipinski definition) is 2. The van der Waals surface area contributed by atoms with E-state index in [0.29, 0.717) is 0 Å². The fourth-order valence-electron chi connectivity index (χ4n) is 1.01. The Morgan fingerprint density at radius 3 is 2.64 bits per heavy atom. The van der Waals surface area contributed by atoms with Crippen LogP contribution >= 0.6 is 0 Å². The largest absolute Gasteiger partial charge is 0.398 e. The minimum absolute atomic E-state index is 0.0988. The van der Waals surface area contributed by atoms with E-state index in [1.807, 2.05) is 0 Å². The summed E-state index contributed by atoms with van der Waals surface area (Å²) in [6.07, 6.45) is 0. The standard InChI is InChI=1S/C8H9N3O3/c9-4-8(12)6-3-5(11(13)14)1-2-7(6)10/h1-3H,4,9-10H2. The minimum atomic E-state index is -0.591. The van der Waals surface area contributed by atoms with E-state index >= 15 is 0 Å². The van der Waals surface area contributed by atoms with E-state index in [0.717, 1.165) is 6.07 Å². The molecule has 6 heteroatoms. The van der Waals surface area contributed by atoms with Gasteiger partial charge in [0.05, 0.1) is 11.5 Å². The molecule has 0 aliphatic carbocycles. The molecule has 14 heavy (non-hydrogen) atoms. The molecule has 0 atom stereocenters. The Morgan fingerprint density at radius 2 is 2.14 bits per heavy atom. The number of nitro groups is 1. The Bertz CT molecular complexity index is 389. The lowest BCUT2D eigenvalue weighted by atomic mass is 10.1. The van der Waals surface area contributed by atoms with Crippen LogP contribution in [0, 0.1) is 10.1 Å². The highest BCUT2D eigenvalue weighted by Crippen LogP contribution is 2.19. The second kappa shape index (κ2) is 3.84. The zero-order valence-corrected chi connectivity index (χ0v) is 7.27. The van der Waals surface area contributed by atoms with E-state index in [9.17, 15) is 14.9 Å².